The summed E-state index contributed by atoms with van der Waals surface area (Å²) in [6.07, 6.45) is 1.71. The smallest absolute Gasteiger partial charge is 0.256 e. The van der Waals surface area contributed by atoms with Crippen molar-refractivity contribution in [2.75, 3.05) is 6.61 Å². The second-order valence-corrected chi connectivity index (χ2v) is 4.61. The van der Waals surface area contributed by atoms with Gasteiger partial charge in [-0.1, -0.05) is 6.92 Å². The van der Waals surface area contributed by atoms with Crippen molar-refractivity contribution >= 4 is 0 Å². The lowest BCUT2D eigenvalue weighted by Crippen LogP contribution is -2.25. The van der Waals surface area contributed by atoms with Crippen LogP contribution in [-0.2, 0) is 4.74 Å². The zero-order chi connectivity index (χ0) is 12.6. The predicted octanol–water partition coefficient (Wildman–Crippen LogP) is 0.778. The molecule has 0 aliphatic carbocycles. The lowest BCUT2D eigenvalue weighted by atomic mass is 10.0. The van der Waals surface area contributed by atoms with Crippen molar-refractivity contribution in [1.29, 1.82) is 0 Å². The minimum Gasteiger partial charge on any atom is -0.507 e. The maximum absolute atomic E-state index is 11.7. The first-order chi connectivity index (χ1) is 8.02. The number of rotatable bonds is 2. The fourth-order valence-corrected chi connectivity index (χ4v) is 2.13. The molecule has 0 amide bonds. The molecule has 1 aliphatic heterocycles. The molecule has 1 aromatic heterocycles. The van der Waals surface area contributed by atoms with Crippen molar-refractivity contribution in [3.8, 4) is 5.75 Å². The van der Waals surface area contributed by atoms with Gasteiger partial charge in [0.2, 0.25) is 0 Å². The standard InChI is InChI=1S/C12H17NO4/c1-7-3-12(17-10(7)6-14)13-5-8(2)9(15)4-11(13)16/h4-5,7,10,12,14-15H,3,6H2,1-2H3. The Labute approximate surface area is 99.3 Å². The molecule has 1 aromatic rings. The van der Waals surface area contributed by atoms with E-state index in [0.717, 1.165) is 0 Å². The second-order valence-electron chi connectivity index (χ2n) is 4.61. The van der Waals surface area contributed by atoms with E-state index in [1.54, 1.807) is 13.1 Å². The van der Waals surface area contributed by atoms with Crippen molar-refractivity contribution in [3.63, 3.8) is 0 Å². The number of aryl methyl sites for hydroxylation is 1. The minimum absolute atomic E-state index is 0.00370. The highest BCUT2D eigenvalue weighted by molar-refractivity contribution is 5.27. The van der Waals surface area contributed by atoms with Gasteiger partial charge in [0.05, 0.1) is 12.7 Å². The van der Waals surface area contributed by atoms with Gasteiger partial charge in [-0.3, -0.25) is 9.36 Å². The maximum Gasteiger partial charge on any atom is 0.256 e. The molecular weight excluding hydrogens is 222 g/mol. The number of hydrogen-bond acceptors (Lipinski definition) is 4. The van der Waals surface area contributed by atoms with Crippen molar-refractivity contribution in [1.82, 2.24) is 4.57 Å². The molecule has 1 aliphatic rings. The van der Waals surface area contributed by atoms with Gasteiger partial charge in [-0.2, -0.15) is 0 Å². The molecule has 2 N–H and O–H groups in total. The summed E-state index contributed by atoms with van der Waals surface area (Å²) in [7, 11) is 0. The van der Waals surface area contributed by atoms with Gasteiger partial charge in [-0.15, -0.1) is 0 Å². The van der Waals surface area contributed by atoms with Crippen LogP contribution in [0.1, 0.15) is 25.1 Å². The van der Waals surface area contributed by atoms with Crippen LogP contribution in [0.15, 0.2) is 17.1 Å². The molecule has 94 valence electrons. The normalized spacial score (nSPS) is 28.5. The number of aromatic hydroxyl groups is 1. The van der Waals surface area contributed by atoms with E-state index in [-0.39, 0.29) is 36.2 Å². The third-order valence-electron chi connectivity index (χ3n) is 3.28. The first-order valence-corrected chi connectivity index (χ1v) is 5.71. The summed E-state index contributed by atoms with van der Waals surface area (Å²) < 4.78 is 7.09. The Balaban J connectivity index is 2.30. The molecule has 0 spiro atoms. The predicted molar refractivity (Wildman–Crippen MR) is 61.9 cm³/mol. The Hall–Kier alpha value is -1.33. The average Bonchev–Trinajstić information content (AvgIpc) is 2.65. The van der Waals surface area contributed by atoms with Gasteiger partial charge >= 0.3 is 0 Å². The molecule has 0 radical (unpaired) electrons. The molecule has 1 fully saturated rings. The topological polar surface area (TPSA) is 71.7 Å². The monoisotopic (exact) mass is 239 g/mol. The lowest BCUT2D eigenvalue weighted by Gasteiger charge is -2.16. The summed E-state index contributed by atoms with van der Waals surface area (Å²) in [5.41, 5.74) is 0.345. The molecule has 3 unspecified atom stereocenters. The zero-order valence-electron chi connectivity index (χ0n) is 9.96. The van der Waals surface area contributed by atoms with Crippen molar-refractivity contribution in [2.45, 2.75) is 32.6 Å². The number of ether oxygens (including phenoxy) is 1. The van der Waals surface area contributed by atoms with Crippen LogP contribution >= 0.6 is 0 Å². The van der Waals surface area contributed by atoms with Crippen LogP contribution in [0, 0.1) is 12.8 Å². The number of hydrogen-bond donors (Lipinski definition) is 2. The summed E-state index contributed by atoms with van der Waals surface area (Å²) >= 11 is 0. The molecule has 0 bridgehead atoms. The molecule has 5 heteroatoms. The van der Waals surface area contributed by atoms with E-state index < -0.39 is 0 Å². The Morgan fingerprint density at radius 2 is 2.29 bits per heavy atom. The lowest BCUT2D eigenvalue weighted by molar-refractivity contribution is -0.0308. The van der Waals surface area contributed by atoms with Gasteiger partial charge in [-0.25, -0.2) is 0 Å². The van der Waals surface area contributed by atoms with E-state index in [4.69, 9.17) is 9.84 Å². The van der Waals surface area contributed by atoms with Crippen molar-refractivity contribution < 1.29 is 14.9 Å². The van der Waals surface area contributed by atoms with E-state index in [2.05, 4.69) is 0 Å². The van der Waals surface area contributed by atoms with Crippen LogP contribution in [0.4, 0.5) is 0 Å². The highest BCUT2D eigenvalue weighted by Gasteiger charge is 2.33. The molecule has 2 rings (SSSR count). The van der Waals surface area contributed by atoms with Crippen LogP contribution in [0.25, 0.3) is 0 Å². The molecule has 0 aromatic carbocycles. The fraction of sp³-hybridized carbons (Fsp3) is 0.583. The highest BCUT2D eigenvalue weighted by Crippen LogP contribution is 2.32. The SMILES string of the molecule is Cc1cn(C2CC(C)C(CO)O2)c(=O)cc1O. The summed E-state index contributed by atoms with van der Waals surface area (Å²) in [6.45, 7) is 3.68. The van der Waals surface area contributed by atoms with Crippen LogP contribution in [0.3, 0.4) is 0 Å². The number of aliphatic hydroxyl groups is 1. The first kappa shape index (κ1) is 12.1. The Morgan fingerprint density at radius 3 is 2.88 bits per heavy atom. The molecule has 5 nitrogen and oxygen atoms in total. The average molecular weight is 239 g/mol. The van der Waals surface area contributed by atoms with Crippen molar-refractivity contribution in [3.05, 3.63) is 28.2 Å². The molecular formula is C12H17NO4. The van der Waals surface area contributed by atoms with Crippen LogP contribution in [0.5, 0.6) is 5.75 Å². The minimum atomic E-state index is -0.353. The molecule has 2 heterocycles. The van der Waals surface area contributed by atoms with Gasteiger partial charge in [0, 0.05) is 17.8 Å². The summed E-state index contributed by atoms with van der Waals surface area (Å²) in [5, 5.41) is 18.5. The fourth-order valence-electron chi connectivity index (χ4n) is 2.13. The summed E-state index contributed by atoms with van der Waals surface area (Å²) in [5.74, 6) is 0.210. The van der Waals surface area contributed by atoms with E-state index in [1.807, 2.05) is 6.92 Å². The first-order valence-electron chi connectivity index (χ1n) is 5.71. The van der Waals surface area contributed by atoms with Crippen LogP contribution in [-0.4, -0.2) is 27.5 Å². The number of aromatic nitrogens is 1. The Morgan fingerprint density at radius 1 is 1.59 bits per heavy atom. The molecule has 3 atom stereocenters. The number of nitrogens with zero attached hydrogens (tertiary/aromatic N) is 1. The molecule has 17 heavy (non-hydrogen) atoms. The van der Waals surface area contributed by atoms with E-state index in [9.17, 15) is 9.90 Å². The number of pyridine rings is 1. The zero-order valence-corrected chi connectivity index (χ0v) is 9.96. The van der Waals surface area contributed by atoms with E-state index >= 15 is 0 Å². The Kier molecular flexibility index (Phi) is 3.22. The second kappa shape index (κ2) is 4.50. The van der Waals surface area contributed by atoms with Gasteiger partial charge in [-0.05, 0) is 19.3 Å². The highest BCUT2D eigenvalue weighted by atomic mass is 16.5. The molecule has 0 saturated carbocycles. The van der Waals surface area contributed by atoms with Gasteiger partial charge in [0.1, 0.15) is 12.0 Å². The van der Waals surface area contributed by atoms with Crippen molar-refractivity contribution in [2.24, 2.45) is 5.92 Å². The number of aliphatic hydroxyl groups excluding tert-OH is 1. The largest absolute Gasteiger partial charge is 0.507 e. The van der Waals surface area contributed by atoms with Gasteiger partial charge in [0.25, 0.3) is 5.56 Å². The summed E-state index contributed by atoms with van der Waals surface area (Å²) in [4.78, 5) is 11.7. The third-order valence-corrected chi connectivity index (χ3v) is 3.28. The maximum atomic E-state index is 11.7. The van der Waals surface area contributed by atoms with Gasteiger partial charge < -0.3 is 14.9 Å². The van der Waals surface area contributed by atoms with Gasteiger partial charge in [0.15, 0.2) is 0 Å². The van der Waals surface area contributed by atoms with Crippen LogP contribution < -0.4 is 5.56 Å². The van der Waals surface area contributed by atoms with E-state index in [0.29, 0.717) is 12.0 Å². The quantitative estimate of drug-likeness (QED) is 0.800. The summed E-state index contributed by atoms with van der Waals surface area (Å²) in [6, 6.07) is 1.19. The molecule has 1 saturated heterocycles. The van der Waals surface area contributed by atoms with E-state index in [1.165, 1.54) is 10.6 Å². The third kappa shape index (κ3) is 2.21. The Bertz CT molecular complexity index is 468. The van der Waals surface area contributed by atoms with Crippen LogP contribution in [0.2, 0.25) is 0 Å².